The minimum atomic E-state index is -0.909. The number of aliphatic carboxylic acids is 1. The summed E-state index contributed by atoms with van der Waals surface area (Å²) >= 11 is 0. The number of unbranched alkanes of at least 4 members (excludes halogenated alkanes) is 8. The topological polar surface area (TPSA) is 40.1 Å². The smallest absolute Gasteiger partial charge is 0.550 e. The van der Waals surface area contributed by atoms with Crippen LogP contribution in [0.2, 0.25) is 0 Å². The zero-order valence-corrected chi connectivity index (χ0v) is 10.6. The fraction of sp³-hybridized carbons (Fsp3) is 0.917. The van der Waals surface area contributed by atoms with Crippen molar-refractivity contribution in [2.45, 2.75) is 71.1 Å². The number of carbonyl (C=O) groups is 1. The van der Waals surface area contributed by atoms with Gasteiger partial charge >= 0.3 is 17.1 Å². The van der Waals surface area contributed by atoms with Gasteiger partial charge in [-0.25, -0.2) is 0 Å². The number of carboxylic acids is 1. The summed E-state index contributed by atoms with van der Waals surface area (Å²) in [5.74, 6) is -0.909. The van der Waals surface area contributed by atoms with Crippen LogP contribution in [0.1, 0.15) is 71.1 Å². The van der Waals surface area contributed by atoms with Crippen LogP contribution >= 0.6 is 0 Å². The van der Waals surface area contributed by atoms with Crippen molar-refractivity contribution in [1.82, 2.24) is 0 Å². The first-order valence-corrected chi connectivity index (χ1v) is 5.97. The molecular formula is C12H23CuO2+. The van der Waals surface area contributed by atoms with Crippen molar-refractivity contribution in [2.24, 2.45) is 0 Å². The molecule has 2 nitrogen and oxygen atoms in total. The Morgan fingerprint density at radius 2 is 1.27 bits per heavy atom. The summed E-state index contributed by atoms with van der Waals surface area (Å²) in [5.41, 5.74) is 0. The number of hydrogen-bond acceptors (Lipinski definition) is 2. The molecule has 0 aliphatic rings. The van der Waals surface area contributed by atoms with Crippen LogP contribution in [0.4, 0.5) is 0 Å². The summed E-state index contributed by atoms with van der Waals surface area (Å²) < 4.78 is 0. The number of carboxylic acid groups (broad SMARTS) is 1. The van der Waals surface area contributed by atoms with Gasteiger partial charge < -0.3 is 9.90 Å². The molecule has 1 radical (unpaired) electrons. The molecule has 0 rings (SSSR count). The minimum Gasteiger partial charge on any atom is -0.550 e. The number of carbonyl (C=O) groups excluding carboxylic acids is 1. The van der Waals surface area contributed by atoms with Crippen molar-refractivity contribution in [3.63, 3.8) is 0 Å². The Balaban J connectivity index is 0. The van der Waals surface area contributed by atoms with Crippen molar-refractivity contribution < 1.29 is 27.0 Å². The third kappa shape index (κ3) is 16.7. The Morgan fingerprint density at radius 1 is 0.867 bits per heavy atom. The summed E-state index contributed by atoms with van der Waals surface area (Å²) in [6.45, 7) is 2.22. The van der Waals surface area contributed by atoms with E-state index in [0.717, 1.165) is 12.8 Å². The predicted molar refractivity (Wildman–Crippen MR) is 56.9 cm³/mol. The maximum Gasteiger partial charge on any atom is 2.00 e. The Bertz CT molecular complexity index is 138. The number of rotatable bonds is 10. The fourth-order valence-corrected chi connectivity index (χ4v) is 1.58. The van der Waals surface area contributed by atoms with Crippen LogP contribution in [-0.2, 0) is 21.9 Å². The molecule has 0 aliphatic heterocycles. The van der Waals surface area contributed by atoms with Crippen LogP contribution in [0, 0.1) is 0 Å². The van der Waals surface area contributed by atoms with Gasteiger partial charge in [-0.2, -0.15) is 0 Å². The molecule has 0 aliphatic carbocycles. The van der Waals surface area contributed by atoms with Crippen molar-refractivity contribution >= 4 is 5.97 Å². The quantitative estimate of drug-likeness (QED) is 0.449. The van der Waals surface area contributed by atoms with E-state index in [4.69, 9.17) is 0 Å². The molecular weight excluding hydrogens is 240 g/mol. The van der Waals surface area contributed by atoms with Gasteiger partial charge in [0.15, 0.2) is 0 Å². The van der Waals surface area contributed by atoms with Crippen LogP contribution in [0.25, 0.3) is 0 Å². The van der Waals surface area contributed by atoms with Gasteiger partial charge in [0.1, 0.15) is 0 Å². The second-order valence-electron chi connectivity index (χ2n) is 3.95. The molecule has 0 saturated heterocycles. The molecule has 0 bridgehead atoms. The van der Waals surface area contributed by atoms with E-state index in [9.17, 15) is 9.90 Å². The molecule has 3 heteroatoms. The monoisotopic (exact) mass is 262 g/mol. The van der Waals surface area contributed by atoms with Crippen molar-refractivity contribution in [1.29, 1.82) is 0 Å². The van der Waals surface area contributed by atoms with Gasteiger partial charge in [0, 0.05) is 5.97 Å². The zero-order chi connectivity index (χ0) is 10.6. The molecule has 0 aromatic carbocycles. The SMILES string of the molecule is CCCCCCCCCCCC(=O)[O-].[Cu+2]. The normalized spacial score (nSPS) is 9.67. The van der Waals surface area contributed by atoms with Crippen LogP contribution in [0.15, 0.2) is 0 Å². The first kappa shape index (κ1) is 17.4. The van der Waals surface area contributed by atoms with E-state index < -0.39 is 5.97 Å². The van der Waals surface area contributed by atoms with Crippen LogP contribution < -0.4 is 5.11 Å². The van der Waals surface area contributed by atoms with Gasteiger partial charge in [-0.05, 0) is 12.8 Å². The molecule has 93 valence electrons. The standard InChI is InChI=1S/C12H24O2.Cu/c1-2-3-4-5-6-7-8-9-10-11-12(13)14;/h2-11H2,1H3,(H,13,14);/q;+2/p-1. The molecule has 0 aromatic rings. The fourth-order valence-electron chi connectivity index (χ4n) is 1.58. The Labute approximate surface area is 104 Å². The second-order valence-corrected chi connectivity index (χ2v) is 3.95. The summed E-state index contributed by atoms with van der Waals surface area (Å²) in [6, 6.07) is 0. The van der Waals surface area contributed by atoms with E-state index in [0.29, 0.717) is 0 Å². The summed E-state index contributed by atoms with van der Waals surface area (Å²) in [5, 5.41) is 10.1. The van der Waals surface area contributed by atoms with Crippen molar-refractivity contribution in [3.8, 4) is 0 Å². The summed E-state index contributed by atoms with van der Waals surface area (Å²) in [7, 11) is 0. The minimum absolute atomic E-state index is 0. The molecule has 0 saturated carbocycles. The molecule has 0 atom stereocenters. The Hall–Kier alpha value is -0.0105. The van der Waals surface area contributed by atoms with Gasteiger partial charge in [0.05, 0.1) is 0 Å². The van der Waals surface area contributed by atoms with Gasteiger partial charge in [-0.3, -0.25) is 0 Å². The molecule has 0 heterocycles. The average Bonchev–Trinajstić information content (AvgIpc) is 2.15. The molecule has 0 unspecified atom stereocenters. The van der Waals surface area contributed by atoms with E-state index in [1.807, 2.05) is 0 Å². The molecule has 0 aromatic heterocycles. The largest absolute Gasteiger partial charge is 2.00 e. The van der Waals surface area contributed by atoms with Crippen LogP contribution in [-0.4, -0.2) is 5.97 Å². The van der Waals surface area contributed by atoms with Crippen LogP contribution in [0.5, 0.6) is 0 Å². The molecule has 0 amide bonds. The van der Waals surface area contributed by atoms with Crippen molar-refractivity contribution in [2.75, 3.05) is 0 Å². The molecule has 15 heavy (non-hydrogen) atoms. The van der Waals surface area contributed by atoms with E-state index in [2.05, 4.69) is 6.92 Å². The molecule has 0 fully saturated rings. The van der Waals surface area contributed by atoms with Gasteiger partial charge in [0.2, 0.25) is 0 Å². The average molecular weight is 263 g/mol. The van der Waals surface area contributed by atoms with Crippen LogP contribution in [0.3, 0.4) is 0 Å². The van der Waals surface area contributed by atoms with Gasteiger partial charge in [-0.15, -0.1) is 0 Å². The maximum absolute atomic E-state index is 10.1. The van der Waals surface area contributed by atoms with E-state index in [1.54, 1.807) is 0 Å². The van der Waals surface area contributed by atoms with Crippen molar-refractivity contribution in [3.05, 3.63) is 0 Å². The molecule has 0 N–H and O–H groups in total. The van der Waals surface area contributed by atoms with E-state index in [-0.39, 0.29) is 23.5 Å². The molecule has 0 spiro atoms. The maximum atomic E-state index is 10.1. The predicted octanol–water partition coefficient (Wildman–Crippen LogP) is 2.65. The first-order chi connectivity index (χ1) is 6.77. The Morgan fingerprint density at radius 3 is 1.67 bits per heavy atom. The first-order valence-electron chi connectivity index (χ1n) is 5.97. The van der Waals surface area contributed by atoms with E-state index >= 15 is 0 Å². The zero-order valence-electron chi connectivity index (χ0n) is 9.69. The Kier molecular flexibility index (Phi) is 16.2. The second kappa shape index (κ2) is 14.0. The third-order valence-corrected chi connectivity index (χ3v) is 2.48. The summed E-state index contributed by atoms with van der Waals surface area (Å²) in [4.78, 5) is 10.1. The van der Waals surface area contributed by atoms with E-state index in [1.165, 1.54) is 44.9 Å². The number of hydrogen-bond donors (Lipinski definition) is 0. The summed E-state index contributed by atoms with van der Waals surface area (Å²) in [6.07, 6.45) is 11.2. The van der Waals surface area contributed by atoms with Gasteiger partial charge in [0.25, 0.3) is 0 Å². The van der Waals surface area contributed by atoms with Gasteiger partial charge in [-0.1, -0.05) is 58.3 Å². The third-order valence-electron chi connectivity index (χ3n) is 2.48.